The highest BCUT2D eigenvalue weighted by Crippen LogP contribution is 2.35. The molecule has 0 N–H and O–H groups in total. The smallest absolute Gasteiger partial charge is 0.257 e. The van der Waals surface area contributed by atoms with Gasteiger partial charge in [-0.2, -0.15) is 0 Å². The predicted octanol–water partition coefficient (Wildman–Crippen LogP) is 3.07. The van der Waals surface area contributed by atoms with Crippen LogP contribution in [0.3, 0.4) is 0 Å². The van der Waals surface area contributed by atoms with Gasteiger partial charge in [0, 0.05) is 12.5 Å². The van der Waals surface area contributed by atoms with Gasteiger partial charge in [-0.3, -0.25) is 14.4 Å². The number of amides is 3. The van der Waals surface area contributed by atoms with Gasteiger partial charge in [-0.15, -0.1) is 0 Å². The SMILES string of the molecule is COc1ccc(N2C(=O)CC(N(Cc3ccc(C)cc3)C(=O)C3CC3)C2=O)cc1. The summed E-state index contributed by atoms with van der Waals surface area (Å²) in [4.78, 5) is 41.6. The molecule has 2 aliphatic rings. The van der Waals surface area contributed by atoms with Gasteiger partial charge in [0.05, 0.1) is 19.2 Å². The summed E-state index contributed by atoms with van der Waals surface area (Å²) < 4.78 is 5.14. The van der Waals surface area contributed by atoms with Gasteiger partial charge in [-0.05, 0) is 49.6 Å². The van der Waals surface area contributed by atoms with Gasteiger partial charge in [0.15, 0.2) is 0 Å². The molecule has 6 heteroatoms. The van der Waals surface area contributed by atoms with Crippen LogP contribution in [0, 0.1) is 12.8 Å². The summed E-state index contributed by atoms with van der Waals surface area (Å²) in [6.07, 6.45) is 1.70. The molecule has 0 aromatic heterocycles. The lowest BCUT2D eigenvalue weighted by atomic mass is 10.1. The number of nitrogens with zero attached hydrogens (tertiary/aromatic N) is 2. The van der Waals surface area contributed by atoms with E-state index in [0.717, 1.165) is 24.0 Å². The number of imide groups is 1. The van der Waals surface area contributed by atoms with E-state index >= 15 is 0 Å². The lowest BCUT2D eigenvalue weighted by molar-refractivity contribution is -0.140. The topological polar surface area (TPSA) is 66.9 Å². The Labute approximate surface area is 170 Å². The zero-order valence-electron chi connectivity index (χ0n) is 16.6. The van der Waals surface area contributed by atoms with Gasteiger partial charge >= 0.3 is 0 Å². The molecule has 1 heterocycles. The summed E-state index contributed by atoms with van der Waals surface area (Å²) in [7, 11) is 1.56. The first-order valence-electron chi connectivity index (χ1n) is 9.85. The largest absolute Gasteiger partial charge is 0.497 e. The molecule has 1 atom stereocenters. The Hall–Kier alpha value is -3.15. The van der Waals surface area contributed by atoms with Crippen molar-refractivity contribution < 1.29 is 19.1 Å². The molecular weight excluding hydrogens is 368 g/mol. The summed E-state index contributed by atoms with van der Waals surface area (Å²) >= 11 is 0. The normalized spacial score (nSPS) is 18.8. The number of carbonyl (C=O) groups excluding carboxylic acids is 3. The average molecular weight is 392 g/mol. The highest BCUT2D eigenvalue weighted by Gasteiger charge is 2.46. The zero-order valence-corrected chi connectivity index (χ0v) is 16.6. The number of carbonyl (C=O) groups is 3. The molecule has 2 aromatic rings. The van der Waals surface area contributed by atoms with E-state index in [1.807, 2.05) is 31.2 Å². The van der Waals surface area contributed by atoms with Gasteiger partial charge in [0.1, 0.15) is 11.8 Å². The molecule has 1 unspecified atom stereocenters. The summed E-state index contributed by atoms with van der Waals surface area (Å²) in [6, 6.07) is 13.9. The fourth-order valence-electron chi connectivity index (χ4n) is 3.66. The zero-order chi connectivity index (χ0) is 20.5. The molecule has 0 bridgehead atoms. The molecule has 2 aromatic carbocycles. The number of methoxy groups -OCH3 is 1. The van der Waals surface area contributed by atoms with Crippen LogP contribution in [0.25, 0.3) is 0 Å². The van der Waals surface area contributed by atoms with Gasteiger partial charge < -0.3 is 9.64 Å². The summed E-state index contributed by atoms with van der Waals surface area (Å²) in [5.74, 6) is -0.0510. The van der Waals surface area contributed by atoms with Crippen LogP contribution in [-0.2, 0) is 20.9 Å². The quantitative estimate of drug-likeness (QED) is 0.709. The second-order valence-corrected chi connectivity index (χ2v) is 7.71. The molecule has 6 nitrogen and oxygen atoms in total. The van der Waals surface area contributed by atoms with Crippen molar-refractivity contribution in [3.8, 4) is 5.75 Å². The van der Waals surface area contributed by atoms with Gasteiger partial charge in [0.2, 0.25) is 11.8 Å². The lowest BCUT2D eigenvalue weighted by Gasteiger charge is -2.28. The molecule has 3 amide bonds. The minimum absolute atomic E-state index is 0.00911. The van der Waals surface area contributed by atoms with E-state index in [1.165, 1.54) is 4.90 Å². The van der Waals surface area contributed by atoms with Crippen molar-refractivity contribution in [2.24, 2.45) is 5.92 Å². The number of rotatable bonds is 6. The average Bonchev–Trinajstić information content (AvgIpc) is 3.53. The molecule has 29 heavy (non-hydrogen) atoms. The van der Waals surface area contributed by atoms with Crippen LogP contribution >= 0.6 is 0 Å². The third kappa shape index (κ3) is 3.88. The van der Waals surface area contributed by atoms with E-state index < -0.39 is 6.04 Å². The van der Waals surface area contributed by atoms with Crippen molar-refractivity contribution in [2.45, 2.75) is 38.8 Å². The minimum atomic E-state index is -0.765. The Balaban J connectivity index is 1.60. The Bertz CT molecular complexity index is 932. The van der Waals surface area contributed by atoms with Gasteiger partial charge in [0.25, 0.3) is 5.91 Å². The monoisotopic (exact) mass is 392 g/mol. The van der Waals surface area contributed by atoms with E-state index in [2.05, 4.69) is 0 Å². The molecule has 1 aliphatic carbocycles. The number of benzene rings is 2. The van der Waals surface area contributed by atoms with Crippen LogP contribution in [0.5, 0.6) is 5.75 Å². The first-order valence-corrected chi connectivity index (χ1v) is 9.85. The lowest BCUT2D eigenvalue weighted by Crippen LogP contribution is -2.45. The molecule has 1 saturated carbocycles. The molecule has 0 radical (unpaired) electrons. The number of hydrogen-bond acceptors (Lipinski definition) is 4. The Kier molecular flexibility index (Phi) is 5.09. The number of ether oxygens (including phenoxy) is 1. The molecule has 150 valence electrons. The first-order chi connectivity index (χ1) is 14.0. The van der Waals surface area contributed by atoms with E-state index in [9.17, 15) is 14.4 Å². The summed E-state index contributed by atoms with van der Waals surface area (Å²) in [5.41, 5.74) is 2.58. The fraction of sp³-hybridized carbons (Fsp3) is 0.348. The number of hydrogen-bond donors (Lipinski definition) is 0. The highest BCUT2D eigenvalue weighted by molar-refractivity contribution is 6.23. The molecule has 1 aliphatic heterocycles. The van der Waals surface area contributed by atoms with Crippen molar-refractivity contribution >= 4 is 23.4 Å². The fourth-order valence-corrected chi connectivity index (χ4v) is 3.66. The summed E-state index contributed by atoms with van der Waals surface area (Å²) in [6.45, 7) is 2.33. The molecular formula is C23H24N2O4. The van der Waals surface area contributed by atoms with Crippen molar-refractivity contribution in [3.63, 3.8) is 0 Å². The van der Waals surface area contributed by atoms with Crippen molar-refractivity contribution in [1.29, 1.82) is 0 Å². The van der Waals surface area contributed by atoms with Crippen molar-refractivity contribution in [1.82, 2.24) is 4.90 Å². The second kappa shape index (κ2) is 7.70. The van der Waals surface area contributed by atoms with Crippen LogP contribution in [0.4, 0.5) is 5.69 Å². The third-order valence-corrected chi connectivity index (χ3v) is 5.51. The standard InChI is InChI=1S/C23H24N2O4/c1-15-3-5-16(6-4-15)14-24(22(27)17-7-8-17)20-13-21(26)25(23(20)28)18-9-11-19(29-2)12-10-18/h3-6,9-12,17,20H,7-8,13-14H2,1-2H3. The Morgan fingerprint density at radius 2 is 1.72 bits per heavy atom. The second-order valence-electron chi connectivity index (χ2n) is 7.71. The third-order valence-electron chi connectivity index (χ3n) is 5.51. The minimum Gasteiger partial charge on any atom is -0.497 e. The van der Waals surface area contributed by atoms with Crippen LogP contribution in [-0.4, -0.2) is 35.8 Å². The van der Waals surface area contributed by atoms with E-state index in [4.69, 9.17) is 4.74 Å². The Morgan fingerprint density at radius 3 is 2.31 bits per heavy atom. The maximum atomic E-state index is 13.2. The maximum absolute atomic E-state index is 13.2. The summed E-state index contributed by atoms with van der Waals surface area (Å²) in [5, 5.41) is 0. The van der Waals surface area contributed by atoms with Crippen LogP contribution in [0.2, 0.25) is 0 Å². The van der Waals surface area contributed by atoms with Crippen molar-refractivity contribution in [3.05, 3.63) is 59.7 Å². The van der Waals surface area contributed by atoms with E-state index in [0.29, 0.717) is 18.0 Å². The molecule has 4 rings (SSSR count). The van der Waals surface area contributed by atoms with Crippen LogP contribution < -0.4 is 9.64 Å². The van der Waals surface area contributed by atoms with Gasteiger partial charge in [-0.25, -0.2) is 4.90 Å². The van der Waals surface area contributed by atoms with E-state index in [1.54, 1.807) is 36.3 Å². The predicted molar refractivity (Wildman–Crippen MR) is 108 cm³/mol. The molecule has 0 spiro atoms. The maximum Gasteiger partial charge on any atom is 0.257 e. The Morgan fingerprint density at radius 1 is 1.07 bits per heavy atom. The highest BCUT2D eigenvalue weighted by atomic mass is 16.5. The molecule has 1 saturated heterocycles. The van der Waals surface area contributed by atoms with Crippen molar-refractivity contribution in [2.75, 3.05) is 12.0 Å². The van der Waals surface area contributed by atoms with E-state index in [-0.39, 0.29) is 30.1 Å². The number of anilines is 1. The van der Waals surface area contributed by atoms with Crippen LogP contribution in [0.15, 0.2) is 48.5 Å². The first kappa shape index (κ1) is 19.2. The molecule has 2 fully saturated rings. The van der Waals surface area contributed by atoms with Crippen LogP contribution in [0.1, 0.15) is 30.4 Å². The number of aryl methyl sites for hydroxylation is 1. The van der Waals surface area contributed by atoms with Gasteiger partial charge in [-0.1, -0.05) is 29.8 Å².